The minimum absolute atomic E-state index is 0. The molecule has 0 amide bonds. The molecule has 1 saturated heterocycles. The first-order valence-corrected chi connectivity index (χ1v) is 9.86. The number of hydrogen-bond acceptors (Lipinski definition) is 7. The molecule has 0 spiro atoms. The van der Waals surface area contributed by atoms with E-state index in [1.807, 2.05) is 24.3 Å². The molecule has 0 unspecified atom stereocenters. The molecule has 1 aliphatic heterocycles. The molecule has 0 saturated carbocycles. The summed E-state index contributed by atoms with van der Waals surface area (Å²) in [6.07, 6.45) is 2.31. The van der Waals surface area contributed by atoms with Crippen LogP contribution in [0.2, 0.25) is 0 Å². The maximum absolute atomic E-state index is 5.31. The number of methoxy groups -OCH3 is 1. The topological polar surface area (TPSA) is 75.2 Å². The third kappa shape index (κ3) is 5.30. The molecule has 2 aromatic carbocycles. The Morgan fingerprint density at radius 1 is 0.833 bits per heavy atom. The highest BCUT2D eigenvalue weighted by atomic mass is 35.5. The monoisotopic (exact) mass is 426 g/mol. The minimum atomic E-state index is 0. The molecule has 3 aromatic rings. The standard InChI is InChI=1S/C22H26N6O.ClH/c1-15-11-16(2)13-18(12-15)24-21-25-20(23-17-7-6-8-19(14-17)29-3)26-22(27-21)28-9-4-5-10-28;/h6-8,11-14H,4-5,9-10H2,1-3H3,(H2,23,24,25,26,27);1H. The third-order valence-corrected chi connectivity index (χ3v) is 4.82. The molecule has 0 bridgehead atoms. The van der Waals surface area contributed by atoms with Crippen LogP contribution in [0.3, 0.4) is 0 Å². The molecule has 0 atom stereocenters. The number of anilines is 5. The number of hydrogen-bond donors (Lipinski definition) is 2. The molecule has 30 heavy (non-hydrogen) atoms. The molecular formula is C22H27ClN6O. The van der Waals surface area contributed by atoms with Crippen molar-refractivity contribution in [2.45, 2.75) is 26.7 Å². The summed E-state index contributed by atoms with van der Waals surface area (Å²) in [6, 6.07) is 14.0. The van der Waals surface area contributed by atoms with Gasteiger partial charge >= 0.3 is 0 Å². The van der Waals surface area contributed by atoms with Crippen LogP contribution in [-0.4, -0.2) is 35.2 Å². The summed E-state index contributed by atoms with van der Waals surface area (Å²) in [4.78, 5) is 16.1. The van der Waals surface area contributed by atoms with Gasteiger partial charge < -0.3 is 20.3 Å². The number of nitrogens with one attached hydrogen (secondary N) is 2. The Labute approximate surface area is 183 Å². The zero-order valence-electron chi connectivity index (χ0n) is 17.5. The van der Waals surface area contributed by atoms with Gasteiger partial charge in [-0.05, 0) is 62.1 Å². The van der Waals surface area contributed by atoms with Crippen LogP contribution in [0.1, 0.15) is 24.0 Å². The van der Waals surface area contributed by atoms with Crippen molar-refractivity contribution in [2.75, 3.05) is 35.7 Å². The van der Waals surface area contributed by atoms with E-state index in [0.717, 1.165) is 43.1 Å². The Bertz CT molecular complexity index is 986. The van der Waals surface area contributed by atoms with Crippen LogP contribution < -0.4 is 20.3 Å². The van der Waals surface area contributed by atoms with Gasteiger partial charge in [-0.15, -0.1) is 12.4 Å². The van der Waals surface area contributed by atoms with Gasteiger partial charge in [0.05, 0.1) is 7.11 Å². The van der Waals surface area contributed by atoms with Gasteiger partial charge in [0.1, 0.15) is 5.75 Å². The van der Waals surface area contributed by atoms with Crippen molar-refractivity contribution in [1.29, 1.82) is 0 Å². The predicted octanol–water partition coefficient (Wildman–Crippen LogP) is 5.01. The van der Waals surface area contributed by atoms with Gasteiger partial charge in [-0.3, -0.25) is 0 Å². The lowest BCUT2D eigenvalue weighted by Gasteiger charge is -2.17. The van der Waals surface area contributed by atoms with Gasteiger partial charge in [0.15, 0.2) is 0 Å². The van der Waals surface area contributed by atoms with Gasteiger partial charge in [-0.25, -0.2) is 0 Å². The van der Waals surface area contributed by atoms with Gasteiger partial charge in [0, 0.05) is 30.5 Å². The first-order chi connectivity index (χ1) is 14.1. The van der Waals surface area contributed by atoms with Gasteiger partial charge in [-0.1, -0.05) is 12.1 Å². The molecule has 2 N–H and O–H groups in total. The maximum atomic E-state index is 5.31. The number of nitrogens with zero attached hydrogens (tertiary/aromatic N) is 4. The lowest BCUT2D eigenvalue weighted by atomic mass is 10.1. The molecule has 158 valence electrons. The summed E-state index contributed by atoms with van der Waals surface area (Å²) < 4.78 is 5.31. The van der Waals surface area contributed by atoms with Crippen molar-refractivity contribution >= 4 is 41.6 Å². The van der Waals surface area contributed by atoms with Gasteiger partial charge in [0.25, 0.3) is 0 Å². The molecule has 4 rings (SSSR count). The molecular weight excluding hydrogens is 400 g/mol. The summed E-state index contributed by atoms with van der Waals surface area (Å²) >= 11 is 0. The van der Waals surface area contributed by atoms with E-state index in [1.54, 1.807) is 7.11 Å². The largest absolute Gasteiger partial charge is 0.497 e. The molecule has 2 heterocycles. The fourth-order valence-electron chi connectivity index (χ4n) is 3.54. The highest BCUT2D eigenvalue weighted by Crippen LogP contribution is 2.25. The minimum Gasteiger partial charge on any atom is -0.497 e. The zero-order valence-corrected chi connectivity index (χ0v) is 18.3. The molecule has 1 aromatic heterocycles. The Kier molecular flexibility index (Phi) is 6.95. The highest BCUT2D eigenvalue weighted by molar-refractivity contribution is 5.85. The van der Waals surface area contributed by atoms with Crippen molar-refractivity contribution in [2.24, 2.45) is 0 Å². The first kappa shape index (κ1) is 21.6. The van der Waals surface area contributed by atoms with E-state index >= 15 is 0 Å². The van der Waals surface area contributed by atoms with Crippen LogP contribution in [0.4, 0.5) is 29.2 Å². The Morgan fingerprint density at radius 3 is 2.10 bits per heavy atom. The van der Waals surface area contributed by atoms with E-state index in [4.69, 9.17) is 4.74 Å². The molecule has 7 nitrogen and oxygen atoms in total. The lowest BCUT2D eigenvalue weighted by Crippen LogP contribution is -2.21. The third-order valence-electron chi connectivity index (χ3n) is 4.82. The van der Waals surface area contributed by atoms with E-state index in [9.17, 15) is 0 Å². The van der Waals surface area contributed by atoms with Crippen LogP contribution in [0.5, 0.6) is 5.75 Å². The summed E-state index contributed by atoms with van der Waals surface area (Å²) in [6.45, 7) is 6.09. The number of benzene rings is 2. The lowest BCUT2D eigenvalue weighted by molar-refractivity contribution is 0.415. The van der Waals surface area contributed by atoms with Crippen molar-refractivity contribution < 1.29 is 4.74 Å². The second kappa shape index (κ2) is 9.63. The summed E-state index contributed by atoms with van der Waals surface area (Å²) in [5.41, 5.74) is 4.21. The molecule has 0 aliphatic carbocycles. The molecule has 8 heteroatoms. The van der Waals surface area contributed by atoms with Gasteiger partial charge in [0.2, 0.25) is 17.8 Å². The van der Waals surface area contributed by atoms with Crippen molar-refractivity contribution in [1.82, 2.24) is 15.0 Å². The number of aryl methyl sites for hydroxylation is 2. The van der Waals surface area contributed by atoms with E-state index in [0.29, 0.717) is 17.8 Å². The first-order valence-electron chi connectivity index (χ1n) is 9.86. The Hall–Kier alpha value is -3.06. The quantitative estimate of drug-likeness (QED) is 0.574. The van der Waals surface area contributed by atoms with Crippen LogP contribution in [0, 0.1) is 13.8 Å². The number of rotatable bonds is 6. The van der Waals surface area contributed by atoms with E-state index in [-0.39, 0.29) is 12.4 Å². The molecule has 1 fully saturated rings. The van der Waals surface area contributed by atoms with E-state index in [1.165, 1.54) is 11.1 Å². The fourth-order valence-corrected chi connectivity index (χ4v) is 3.54. The maximum Gasteiger partial charge on any atom is 0.233 e. The SMILES string of the molecule is COc1cccc(Nc2nc(Nc3cc(C)cc(C)c3)nc(N3CCCC3)n2)c1.Cl. The van der Waals surface area contributed by atoms with Crippen molar-refractivity contribution in [3.05, 3.63) is 53.6 Å². The average Bonchev–Trinajstić information content (AvgIpc) is 3.22. The summed E-state index contributed by atoms with van der Waals surface area (Å²) in [7, 11) is 1.65. The van der Waals surface area contributed by atoms with E-state index in [2.05, 4.69) is 62.5 Å². The summed E-state index contributed by atoms with van der Waals surface area (Å²) in [5, 5.41) is 6.63. The highest BCUT2D eigenvalue weighted by Gasteiger charge is 2.18. The van der Waals surface area contributed by atoms with Crippen molar-refractivity contribution in [3.63, 3.8) is 0 Å². The normalized spacial score (nSPS) is 13.0. The fraction of sp³-hybridized carbons (Fsp3) is 0.318. The number of halogens is 1. The van der Waals surface area contributed by atoms with Crippen LogP contribution in [-0.2, 0) is 0 Å². The zero-order chi connectivity index (χ0) is 20.2. The second-order valence-corrected chi connectivity index (χ2v) is 7.34. The van der Waals surface area contributed by atoms with Gasteiger partial charge in [-0.2, -0.15) is 15.0 Å². The van der Waals surface area contributed by atoms with Crippen LogP contribution in [0.25, 0.3) is 0 Å². The molecule has 0 radical (unpaired) electrons. The number of aromatic nitrogens is 3. The Balaban J connectivity index is 0.00000256. The summed E-state index contributed by atoms with van der Waals surface area (Å²) in [5.74, 6) is 2.49. The average molecular weight is 427 g/mol. The van der Waals surface area contributed by atoms with Crippen LogP contribution >= 0.6 is 12.4 Å². The van der Waals surface area contributed by atoms with Crippen molar-refractivity contribution in [3.8, 4) is 5.75 Å². The van der Waals surface area contributed by atoms with E-state index < -0.39 is 0 Å². The number of ether oxygens (including phenoxy) is 1. The van der Waals surface area contributed by atoms with Crippen LogP contribution in [0.15, 0.2) is 42.5 Å². The second-order valence-electron chi connectivity index (χ2n) is 7.34. The smallest absolute Gasteiger partial charge is 0.233 e. The predicted molar refractivity (Wildman–Crippen MR) is 124 cm³/mol. The molecule has 1 aliphatic rings. The Morgan fingerprint density at radius 2 is 1.47 bits per heavy atom.